The van der Waals surface area contributed by atoms with Crippen molar-refractivity contribution in [1.29, 1.82) is 0 Å². The first-order valence-electron chi connectivity index (χ1n) is 8.71. The van der Waals surface area contributed by atoms with Gasteiger partial charge in [0, 0.05) is 12.5 Å². The zero-order chi connectivity index (χ0) is 17.3. The van der Waals surface area contributed by atoms with Crippen LogP contribution in [0.4, 0.5) is 0 Å². The summed E-state index contributed by atoms with van der Waals surface area (Å²) in [6, 6.07) is 30.5. The molecule has 2 heteroatoms. The maximum atomic E-state index is 12.8. The van der Waals surface area contributed by atoms with Crippen LogP contribution in [0.25, 0.3) is 0 Å². The Bertz CT molecular complexity index is 727. The summed E-state index contributed by atoms with van der Waals surface area (Å²) in [5.41, 5.74) is 3.51. The molecule has 0 spiro atoms. The monoisotopic (exact) mass is 329 g/mol. The van der Waals surface area contributed by atoms with Gasteiger partial charge in [-0.05, 0) is 29.5 Å². The summed E-state index contributed by atoms with van der Waals surface area (Å²) >= 11 is 0. The van der Waals surface area contributed by atoms with Gasteiger partial charge in [-0.1, -0.05) is 91.0 Å². The third-order valence-corrected chi connectivity index (χ3v) is 4.33. The molecule has 25 heavy (non-hydrogen) atoms. The Morgan fingerprint density at radius 3 is 1.48 bits per heavy atom. The first-order chi connectivity index (χ1) is 12.3. The summed E-state index contributed by atoms with van der Waals surface area (Å²) in [5, 5.41) is 3.10. The Hall–Kier alpha value is -2.87. The molecule has 1 amide bonds. The Morgan fingerprint density at radius 2 is 1.04 bits per heavy atom. The molecular formula is C23H23NO. The third kappa shape index (κ3) is 5.32. The quantitative estimate of drug-likeness (QED) is 0.684. The van der Waals surface area contributed by atoms with E-state index in [1.54, 1.807) is 0 Å². The SMILES string of the molecule is O=C(NCc1ccccc1)C(Cc1ccccc1)Cc1ccccc1. The molecule has 0 bridgehead atoms. The van der Waals surface area contributed by atoms with Gasteiger partial charge in [0.2, 0.25) is 5.91 Å². The van der Waals surface area contributed by atoms with Crippen molar-refractivity contribution < 1.29 is 4.79 Å². The summed E-state index contributed by atoms with van der Waals surface area (Å²) < 4.78 is 0. The van der Waals surface area contributed by atoms with E-state index < -0.39 is 0 Å². The minimum Gasteiger partial charge on any atom is -0.352 e. The molecule has 0 saturated carbocycles. The summed E-state index contributed by atoms with van der Waals surface area (Å²) in [6.45, 7) is 0.569. The van der Waals surface area contributed by atoms with Gasteiger partial charge in [-0.15, -0.1) is 0 Å². The highest BCUT2D eigenvalue weighted by Crippen LogP contribution is 2.15. The first kappa shape index (κ1) is 17.0. The van der Waals surface area contributed by atoms with Crippen LogP contribution in [0.15, 0.2) is 91.0 Å². The number of rotatable bonds is 7. The molecule has 0 fully saturated rings. The van der Waals surface area contributed by atoms with E-state index >= 15 is 0 Å². The fourth-order valence-corrected chi connectivity index (χ4v) is 2.98. The van der Waals surface area contributed by atoms with Crippen molar-refractivity contribution in [2.75, 3.05) is 0 Å². The number of benzene rings is 3. The lowest BCUT2D eigenvalue weighted by Gasteiger charge is -2.17. The lowest BCUT2D eigenvalue weighted by molar-refractivity contribution is -0.125. The fraction of sp³-hybridized carbons (Fsp3) is 0.174. The number of nitrogens with one attached hydrogen (secondary N) is 1. The zero-order valence-electron chi connectivity index (χ0n) is 14.3. The van der Waals surface area contributed by atoms with Crippen LogP contribution in [0.3, 0.4) is 0 Å². The number of hydrogen-bond acceptors (Lipinski definition) is 1. The molecule has 3 aromatic carbocycles. The van der Waals surface area contributed by atoms with Crippen molar-refractivity contribution in [1.82, 2.24) is 5.32 Å². The highest BCUT2D eigenvalue weighted by atomic mass is 16.1. The van der Waals surface area contributed by atoms with Gasteiger partial charge in [-0.3, -0.25) is 4.79 Å². The van der Waals surface area contributed by atoms with Crippen LogP contribution in [0, 0.1) is 5.92 Å². The van der Waals surface area contributed by atoms with Crippen molar-refractivity contribution in [3.05, 3.63) is 108 Å². The number of carbonyl (C=O) groups excluding carboxylic acids is 1. The van der Waals surface area contributed by atoms with E-state index in [0.717, 1.165) is 18.4 Å². The molecule has 0 saturated heterocycles. The predicted octanol–water partition coefficient (Wildman–Crippen LogP) is 4.40. The molecule has 3 aromatic rings. The topological polar surface area (TPSA) is 29.1 Å². The average molecular weight is 329 g/mol. The van der Waals surface area contributed by atoms with Crippen molar-refractivity contribution in [3.8, 4) is 0 Å². The molecule has 3 rings (SSSR count). The summed E-state index contributed by atoms with van der Waals surface area (Å²) in [4.78, 5) is 12.8. The van der Waals surface area contributed by atoms with Gasteiger partial charge < -0.3 is 5.32 Å². The van der Waals surface area contributed by atoms with E-state index in [9.17, 15) is 4.79 Å². The second kappa shape index (κ2) is 8.84. The molecule has 0 heterocycles. The van der Waals surface area contributed by atoms with Gasteiger partial charge in [-0.2, -0.15) is 0 Å². The van der Waals surface area contributed by atoms with E-state index in [-0.39, 0.29) is 11.8 Å². The van der Waals surface area contributed by atoms with Crippen molar-refractivity contribution in [2.45, 2.75) is 19.4 Å². The van der Waals surface area contributed by atoms with E-state index in [1.807, 2.05) is 66.7 Å². The summed E-state index contributed by atoms with van der Waals surface area (Å²) in [7, 11) is 0. The number of hydrogen-bond donors (Lipinski definition) is 1. The molecule has 0 unspecified atom stereocenters. The second-order valence-corrected chi connectivity index (χ2v) is 6.28. The van der Waals surface area contributed by atoms with Crippen molar-refractivity contribution in [2.24, 2.45) is 5.92 Å². The Balaban J connectivity index is 1.69. The van der Waals surface area contributed by atoms with Gasteiger partial charge in [0.15, 0.2) is 0 Å². The maximum absolute atomic E-state index is 12.8. The van der Waals surface area contributed by atoms with Crippen LogP contribution >= 0.6 is 0 Å². The van der Waals surface area contributed by atoms with Crippen molar-refractivity contribution in [3.63, 3.8) is 0 Å². The lowest BCUT2D eigenvalue weighted by atomic mass is 9.91. The average Bonchev–Trinajstić information content (AvgIpc) is 2.68. The smallest absolute Gasteiger partial charge is 0.224 e. The minimum atomic E-state index is -0.0755. The van der Waals surface area contributed by atoms with Gasteiger partial charge in [0.1, 0.15) is 0 Å². The molecule has 0 aromatic heterocycles. The van der Waals surface area contributed by atoms with Gasteiger partial charge in [0.05, 0.1) is 0 Å². The standard InChI is InChI=1S/C23H23NO/c25-23(24-18-21-14-8-3-9-15-21)22(16-19-10-4-1-5-11-19)17-20-12-6-2-7-13-20/h1-15,22H,16-18H2,(H,24,25). The molecule has 126 valence electrons. The van der Waals surface area contributed by atoms with Crippen LogP contribution in [0.1, 0.15) is 16.7 Å². The highest BCUT2D eigenvalue weighted by Gasteiger charge is 2.19. The van der Waals surface area contributed by atoms with Gasteiger partial charge in [0.25, 0.3) is 0 Å². The van der Waals surface area contributed by atoms with Gasteiger partial charge in [-0.25, -0.2) is 0 Å². The Labute approximate surface area is 149 Å². The van der Waals surface area contributed by atoms with E-state index in [2.05, 4.69) is 29.6 Å². The molecular weight excluding hydrogens is 306 g/mol. The Morgan fingerprint density at radius 1 is 0.640 bits per heavy atom. The molecule has 0 atom stereocenters. The van der Waals surface area contributed by atoms with E-state index in [4.69, 9.17) is 0 Å². The largest absolute Gasteiger partial charge is 0.352 e. The molecule has 2 nitrogen and oxygen atoms in total. The molecule has 0 aliphatic carbocycles. The maximum Gasteiger partial charge on any atom is 0.224 e. The third-order valence-electron chi connectivity index (χ3n) is 4.33. The fourth-order valence-electron chi connectivity index (χ4n) is 2.98. The van der Waals surface area contributed by atoms with Crippen molar-refractivity contribution >= 4 is 5.91 Å². The molecule has 0 radical (unpaired) electrons. The normalized spacial score (nSPS) is 10.6. The minimum absolute atomic E-state index is 0.0755. The second-order valence-electron chi connectivity index (χ2n) is 6.28. The van der Waals surface area contributed by atoms with E-state index in [0.29, 0.717) is 6.54 Å². The summed E-state index contributed by atoms with van der Waals surface area (Å²) in [5.74, 6) is 0.0325. The van der Waals surface area contributed by atoms with Crippen LogP contribution in [0.2, 0.25) is 0 Å². The molecule has 0 aliphatic rings. The van der Waals surface area contributed by atoms with Crippen LogP contribution in [-0.4, -0.2) is 5.91 Å². The van der Waals surface area contributed by atoms with Crippen LogP contribution in [-0.2, 0) is 24.2 Å². The van der Waals surface area contributed by atoms with Crippen LogP contribution < -0.4 is 5.32 Å². The summed E-state index contributed by atoms with van der Waals surface area (Å²) in [6.07, 6.45) is 1.49. The molecule has 1 N–H and O–H groups in total. The highest BCUT2D eigenvalue weighted by molar-refractivity contribution is 5.79. The number of amides is 1. The van der Waals surface area contributed by atoms with Crippen LogP contribution in [0.5, 0.6) is 0 Å². The Kier molecular flexibility index (Phi) is 6.00. The van der Waals surface area contributed by atoms with Gasteiger partial charge >= 0.3 is 0 Å². The molecule has 0 aliphatic heterocycles. The number of carbonyl (C=O) groups is 1. The predicted molar refractivity (Wildman–Crippen MR) is 102 cm³/mol. The first-order valence-corrected chi connectivity index (χ1v) is 8.71. The van der Waals surface area contributed by atoms with E-state index in [1.165, 1.54) is 11.1 Å². The lowest BCUT2D eigenvalue weighted by Crippen LogP contribution is -2.32. The zero-order valence-corrected chi connectivity index (χ0v) is 14.3.